The lowest BCUT2D eigenvalue weighted by atomic mass is 9.94. The van der Waals surface area contributed by atoms with Crippen LogP contribution in [0.25, 0.3) is 80.7 Å². The molecule has 0 N–H and O–H groups in total. The number of rotatable bonds is 6. The topological polar surface area (TPSA) is 8.17 Å². The smallest absolute Gasteiger partial charge is 0.0625 e. The minimum atomic E-state index is 1.11. The van der Waals surface area contributed by atoms with Gasteiger partial charge in [-0.1, -0.05) is 140 Å². The Hall–Kier alpha value is -6.94. The van der Waals surface area contributed by atoms with Crippen LogP contribution in [0.2, 0.25) is 0 Å². The second-order valence-corrected chi connectivity index (χ2v) is 15.2. The van der Waals surface area contributed by atoms with E-state index in [0.29, 0.717) is 0 Å². The molecule has 0 radical (unpaired) electrons. The van der Waals surface area contributed by atoms with Gasteiger partial charge in [-0.3, -0.25) is 0 Å². The molecule has 258 valence electrons. The molecule has 2 aromatic heterocycles. The highest BCUT2D eigenvalue weighted by Gasteiger charge is 2.22. The molecule has 0 bridgehead atoms. The molecule has 0 unspecified atom stereocenters. The first-order valence-corrected chi connectivity index (χ1v) is 19.6. The van der Waals surface area contributed by atoms with E-state index in [-0.39, 0.29) is 0 Å². The number of anilines is 3. The highest BCUT2D eigenvalue weighted by Crippen LogP contribution is 2.46. The molecular weight excluding hydrogens is 685 g/mol. The Labute approximate surface area is 323 Å². The van der Waals surface area contributed by atoms with Gasteiger partial charge in [-0.05, 0) is 94.4 Å². The molecular formula is C52H34N2S. The number of thiophene rings is 1. The number of benzene rings is 9. The van der Waals surface area contributed by atoms with E-state index >= 15 is 0 Å². The maximum atomic E-state index is 2.48. The largest absolute Gasteiger partial charge is 0.310 e. The SMILES string of the molecule is c1ccc(-c2ccc(-c3cc4ccccc4c4c3c3ccc(N(c5ccccc5)c5ccc6sc7ccccc7c6c5)cc3n4-c3ccccc3)cc2)cc1. The van der Waals surface area contributed by atoms with Gasteiger partial charge in [-0.2, -0.15) is 0 Å². The van der Waals surface area contributed by atoms with E-state index < -0.39 is 0 Å². The van der Waals surface area contributed by atoms with Crippen LogP contribution >= 0.6 is 11.3 Å². The van der Waals surface area contributed by atoms with Crippen molar-refractivity contribution in [1.82, 2.24) is 4.57 Å². The van der Waals surface area contributed by atoms with Gasteiger partial charge in [0.1, 0.15) is 0 Å². The van der Waals surface area contributed by atoms with Crippen molar-refractivity contribution in [1.29, 1.82) is 0 Å². The Morgan fingerprint density at radius 2 is 0.982 bits per heavy atom. The molecule has 11 aromatic rings. The van der Waals surface area contributed by atoms with Crippen molar-refractivity contribution < 1.29 is 0 Å². The monoisotopic (exact) mass is 718 g/mol. The molecule has 0 aliphatic carbocycles. The molecule has 0 amide bonds. The fourth-order valence-corrected chi connectivity index (χ4v) is 9.52. The number of hydrogen-bond acceptors (Lipinski definition) is 2. The molecule has 0 aliphatic rings. The van der Waals surface area contributed by atoms with Crippen LogP contribution in [0.15, 0.2) is 206 Å². The summed E-state index contributed by atoms with van der Waals surface area (Å²) in [6.45, 7) is 0. The quantitative estimate of drug-likeness (QED) is 0.166. The lowest BCUT2D eigenvalue weighted by molar-refractivity contribution is 1.18. The lowest BCUT2D eigenvalue weighted by Crippen LogP contribution is -2.09. The molecule has 9 aromatic carbocycles. The Morgan fingerprint density at radius 1 is 0.382 bits per heavy atom. The van der Waals surface area contributed by atoms with E-state index in [1.54, 1.807) is 0 Å². The van der Waals surface area contributed by atoms with Crippen molar-refractivity contribution in [2.75, 3.05) is 4.90 Å². The van der Waals surface area contributed by atoms with Crippen LogP contribution in [-0.4, -0.2) is 4.57 Å². The maximum absolute atomic E-state index is 2.48. The molecule has 2 heterocycles. The standard InChI is InChI=1S/C52H34N2S/c1-4-14-35(15-5-1)36-24-26-37(27-25-36)46-32-38-16-10-11-21-43(38)52-51(46)45-30-28-42(34-48(45)54(52)40-19-8-3-9-20-40)53(39-17-6-2-7-18-39)41-29-31-50-47(33-41)44-22-12-13-23-49(44)55-50/h1-34H. The number of fused-ring (bicyclic) bond motifs is 8. The van der Waals surface area contributed by atoms with Crippen molar-refractivity contribution in [2.24, 2.45) is 0 Å². The molecule has 55 heavy (non-hydrogen) atoms. The summed E-state index contributed by atoms with van der Waals surface area (Å²) in [7, 11) is 0. The first-order valence-electron chi connectivity index (χ1n) is 18.8. The Kier molecular flexibility index (Phi) is 7.39. The van der Waals surface area contributed by atoms with Crippen molar-refractivity contribution in [3.8, 4) is 27.9 Å². The number of aromatic nitrogens is 1. The minimum Gasteiger partial charge on any atom is -0.310 e. The lowest BCUT2D eigenvalue weighted by Gasteiger charge is -2.26. The average Bonchev–Trinajstić information content (AvgIpc) is 3.80. The van der Waals surface area contributed by atoms with Gasteiger partial charge in [0, 0.05) is 59.1 Å². The van der Waals surface area contributed by atoms with Gasteiger partial charge in [-0.15, -0.1) is 11.3 Å². The third-order valence-corrected chi connectivity index (χ3v) is 12.1. The number of nitrogens with zero attached hydrogens (tertiary/aromatic N) is 2. The summed E-state index contributed by atoms with van der Waals surface area (Å²) in [5.41, 5.74) is 11.8. The fraction of sp³-hybridized carbons (Fsp3) is 0. The van der Waals surface area contributed by atoms with Crippen LogP contribution in [0.5, 0.6) is 0 Å². The zero-order valence-electron chi connectivity index (χ0n) is 29.9. The van der Waals surface area contributed by atoms with E-state index in [0.717, 1.165) is 22.7 Å². The second-order valence-electron chi connectivity index (χ2n) is 14.1. The van der Waals surface area contributed by atoms with Crippen LogP contribution in [-0.2, 0) is 0 Å². The average molecular weight is 719 g/mol. The summed E-state index contributed by atoms with van der Waals surface area (Å²) in [6, 6.07) is 75.2. The van der Waals surface area contributed by atoms with E-state index in [9.17, 15) is 0 Å². The summed E-state index contributed by atoms with van der Waals surface area (Å²) < 4.78 is 5.10. The normalized spacial score (nSPS) is 11.6. The van der Waals surface area contributed by atoms with Crippen LogP contribution in [0.4, 0.5) is 17.1 Å². The van der Waals surface area contributed by atoms with Crippen molar-refractivity contribution in [3.63, 3.8) is 0 Å². The third kappa shape index (κ3) is 5.24. The molecule has 3 heteroatoms. The Morgan fingerprint density at radius 3 is 1.78 bits per heavy atom. The van der Waals surface area contributed by atoms with Crippen LogP contribution in [0.1, 0.15) is 0 Å². The zero-order valence-corrected chi connectivity index (χ0v) is 30.7. The maximum Gasteiger partial charge on any atom is 0.0625 e. The van der Waals surface area contributed by atoms with Crippen LogP contribution in [0, 0.1) is 0 Å². The third-order valence-electron chi connectivity index (χ3n) is 10.9. The van der Waals surface area contributed by atoms with Gasteiger partial charge in [0.2, 0.25) is 0 Å². The van der Waals surface area contributed by atoms with Gasteiger partial charge in [0.25, 0.3) is 0 Å². The predicted octanol–water partition coefficient (Wildman–Crippen LogP) is 15.1. The summed E-state index contributed by atoms with van der Waals surface area (Å²) in [5.74, 6) is 0. The first-order chi connectivity index (χ1) is 27.3. The zero-order chi connectivity index (χ0) is 36.3. The van der Waals surface area contributed by atoms with Gasteiger partial charge >= 0.3 is 0 Å². The van der Waals surface area contributed by atoms with Crippen LogP contribution in [0.3, 0.4) is 0 Å². The van der Waals surface area contributed by atoms with Gasteiger partial charge in [0.15, 0.2) is 0 Å². The molecule has 0 aliphatic heterocycles. The Balaban J connectivity index is 1.19. The van der Waals surface area contributed by atoms with Crippen molar-refractivity contribution in [3.05, 3.63) is 206 Å². The van der Waals surface area contributed by atoms with Crippen LogP contribution < -0.4 is 4.90 Å². The highest BCUT2D eigenvalue weighted by atomic mass is 32.1. The molecule has 0 saturated carbocycles. The fourth-order valence-electron chi connectivity index (χ4n) is 8.43. The number of para-hydroxylation sites is 2. The minimum absolute atomic E-state index is 1.11. The molecule has 2 nitrogen and oxygen atoms in total. The first kappa shape index (κ1) is 31.6. The summed E-state index contributed by atoms with van der Waals surface area (Å²) in [4.78, 5) is 2.40. The Bertz CT molecular complexity index is 3180. The highest BCUT2D eigenvalue weighted by molar-refractivity contribution is 7.25. The summed E-state index contributed by atoms with van der Waals surface area (Å²) >= 11 is 1.86. The summed E-state index contributed by atoms with van der Waals surface area (Å²) in [5, 5.41) is 7.52. The molecule has 0 saturated heterocycles. The van der Waals surface area contributed by atoms with E-state index in [1.165, 1.54) is 75.0 Å². The summed E-state index contributed by atoms with van der Waals surface area (Å²) in [6.07, 6.45) is 0. The van der Waals surface area contributed by atoms with Gasteiger partial charge in [-0.25, -0.2) is 0 Å². The number of hydrogen-bond donors (Lipinski definition) is 0. The van der Waals surface area contributed by atoms with E-state index in [1.807, 2.05) is 11.3 Å². The van der Waals surface area contributed by atoms with Gasteiger partial charge in [0.05, 0.1) is 11.0 Å². The van der Waals surface area contributed by atoms with Gasteiger partial charge < -0.3 is 9.47 Å². The van der Waals surface area contributed by atoms with Crippen molar-refractivity contribution in [2.45, 2.75) is 0 Å². The van der Waals surface area contributed by atoms with E-state index in [4.69, 9.17) is 0 Å². The van der Waals surface area contributed by atoms with E-state index in [2.05, 4.69) is 216 Å². The second kappa shape index (κ2) is 12.9. The molecule has 0 fully saturated rings. The van der Waals surface area contributed by atoms with Crippen molar-refractivity contribution >= 4 is 81.1 Å². The predicted molar refractivity (Wildman–Crippen MR) is 237 cm³/mol. The molecule has 0 spiro atoms. The molecule has 0 atom stereocenters. The molecule has 11 rings (SSSR count).